The predicted octanol–water partition coefficient (Wildman–Crippen LogP) is 3.80. The second kappa shape index (κ2) is 24.0. The van der Waals surface area contributed by atoms with Crippen molar-refractivity contribution < 1.29 is 56.9 Å². The van der Waals surface area contributed by atoms with E-state index in [1.165, 1.54) is 4.90 Å². The molecule has 374 valence electrons. The minimum atomic E-state index is -1.49. The normalized spacial score (nSPS) is 13.6. The highest BCUT2D eigenvalue weighted by molar-refractivity contribution is 5.92. The summed E-state index contributed by atoms with van der Waals surface area (Å²) >= 11 is 0. The zero-order valence-electron chi connectivity index (χ0n) is 40.4. The summed E-state index contributed by atoms with van der Waals surface area (Å²) in [6, 6.07) is 8.67. The number of amides is 6. The van der Waals surface area contributed by atoms with Crippen molar-refractivity contribution in [2.75, 3.05) is 26.2 Å². The van der Waals surface area contributed by atoms with Crippen molar-refractivity contribution in [3.8, 4) is 11.1 Å². The first-order valence-corrected chi connectivity index (χ1v) is 22.2. The lowest BCUT2D eigenvalue weighted by Crippen LogP contribution is -2.55. The first-order valence-electron chi connectivity index (χ1n) is 22.2. The Bertz CT molecular complexity index is 2250. The molecule has 1 aromatic heterocycles. The van der Waals surface area contributed by atoms with E-state index in [4.69, 9.17) is 26.7 Å². The minimum absolute atomic E-state index is 0.0342. The number of primary amides is 2. The van der Waals surface area contributed by atoms with E-state index >= 15 is 4.39 Å². The molecule has 0 spiro atoms. The molecule has 6 amide bonds. The number of esters is 1. The van der Waals surface area contributed by atoms with E-state index < -0.39 is 107 Å². The smallest absolute Gasteiger partial charge is 0.411 e. The lowest BCUT2D eigenvalue weighted by atomic mass is 9.82. The molecule has 9 N–H and O–H groups in total. The Morgan fingerprint density at radius 3 is 1.99 bits per heavy atom. The molecule has 3 rings (SSSR count). The number of carbonyl (C=O) groups is 7. The summed E-state index contributed by atoms with van der Waals surface area (Å²) in [5, 5.41) is 15.6. The number of hydrogen-bond donors (Lipinski definition) is 6. The summed E-state index contributed by atoms with van der Waals surface area (Å²) in [7, 11) is 0. The van der Waals surface area contributed by atoms with Gasteiger partial charge in [-0.25, -0.2) is 18.4 Å². The van der Waals surface area contributed by atoms with Gasteiger partial charge in [-0.2, -0.15) is 0 Å². The maximum Gasteiger partial charge on any atom is 0.411 e. The summed E-state index contributed by atoms with van der Waals surface area (Å²) in [4.78, 5) is 94.7. The lowest BCUT2D eigenvalue weighted by molar-refractivity contribution is -0.161. The van der Waals surface area contributed by atoms with Gasteiger partial charge < -0.3 is 51.9 Å². The highest BCUT2D eigenvalue weighted by atomic mass is 19.1. The number of aliphatic hydroxyl groups excluding tert-OH is 1. The first kappa shape index (κ1) is 55.9. The summed E-state index contributed by atoms with van der Waals surface area (Å²) in [5.41, 5.74) is 15.4. The van der Waals surface area contributed by atoms with Crippen LogP contribution in [0.1, 0.15) is 105 Å². The zero-order valence-corrected chi connectivity index (χ0v) is 40.4. The average Bonchev–Trinajstić information content (AvgIpc) is 3.61. The molecular formula is C48H68F2N8O10. The van der Waals surface area contributed by atoms with Crippen LogP contribution in [-0.2, 0) is 44.8 Å². The summed E-state index contributed by atoms with van der Waals surface area (Å²) in [6.45, 7) is 13.4. The number of nitrogens with zero attached hydrogens (tertiary/aromatic N) is 3. The Morgan fingerprint density at radius 1 is 0.794 bits per heavy atom. The third kappa shape index (κ3) is 17.3. The number of hydrogen-bond acceptors (Lipinski definition) is 11. The monoisotopic (exact) mass is 955 g/mol. The largest absolute Gasteiger partial charge is 0.458 e. The van der Waals surface area contributed by atoms with E-state index in [-0.39, 0.29) is 51.0 Å². The van der Waals surface area contributed by atoms with Crippen LogP contribution in [-0.4, -0.2) is 117 Å². The summed E-state index contributed by atoms with van der Waals surface area (Å²) in [5.74, 6) is -6.44. The van der Waals surface area contributed by atoms with E-state index in [2.05, 4.69) is 10.6 Å². The topological polar surface area (TPSA) is 272 Å². The minimum Gasteiger partial charge on any atom is -0.458 e. The zero-order chi connectivity index (χ0) is 51.3. The van der Waals surface area contributed by atoms with Crippen LogP contribution in [0.4, 0.5) is 13.6 Å². The highest BCUT2D eigenvalue weighted by Crippen LogP contribution is 2.41. The molecule has 1 heterocycles. The van der Waals surface area contributed by atoms with Crippen LogP contribution in [0.15, 0.2) is 60.8 Å². The Hall–Kier alpha value is -6.41. The van der Waals surface area contributed by atoms with Gasteiger partial charge in [0.1, 0.15) is 41.5 Å². The maximum absolute atomic E-state index is 15.3. The van der Waals surface area contributed by atoms with Gasteiger partial charge in [0, 0.05) is 55.6 Å². The van der Waals surface area contributed by atoms with E-state index in [0.29, 0.717) is 11.3 Å². The fraction of sp³-hybridized carbons (Fsp3) is 0.521. The van der Waals surface area contributed by atoms with Gasteiger partial charge in [0.15, 0.2) is 0 Å². The van der Waals surface area contributed by atoms with Gasteiger partial charge in [-0.3, -0.25) is 28.9 Å². The molecule has 0 unspecified atom stereocenters. The fourth-order valence-corrected chi connectivity index (χ4v) is 7.39. The van der Waals surface area contributed by atoms with Gasteiger partial charge in [-0.05, 0) is 89.6 Å². The van der Waals surface area contributed by atoms with Gasteiger partial charge >= 0.3 is 12.1 Å². The average molecular weight is 955 g/mol. The van der Waals surface area contributed by atoms with Gasteiger partial charge in [-0.1, -0.05) is 51.1 Å². The SMILES string of the molecule is CC(C)(C)OC(=O)[C@@H](CCC(N)=O)N(CCNC(=O)[C@H](CCN(C(=O)CO)[C@@H](c1cc(-c2cc(F)ccc2F)cn1Cc1ccccc1)C(C)(C)C)NC(=O)[C@@H](N)CC(N)=O)C(=O)OC(C)(C)C. The Kier molecular flexibility index (Phi) is 19.8. The molecular weight excluding hydrogens is 887 g/mol. The molecule has 0 aliphatic rings. The van der Waals surface area contributed by atoms with Crippen molar-refractivity contribution in [3.05, 3.63) is 83.7 Å². The Labute approximate surface area is 396 Å². The number of benzene rings is 2. The second-order valence-corrected chi connectivity index (χ2v) is 19.6. The third-order valence-corrected chi connectivity index (χ3v) is 10.3. The number of aromatic nitrogens is 1. The van der Waals surface area contributed by atoms with Crippen molar-refractivity contribution in [1.29, 1.82) is 0 Å². The Balaban J connectivity index is 2.10. The molecule has 0 bridgehead atoms. The van der Waals surface area contributed by atoms with Crippen LogP contribution in [0.25, 0.3) is 11.1 Å². The van der Waals surface area contributed by atoms with Crippen molar-refractivity contribution in [3.63, 3.8) is 0 Å². The van der Waals surface area contributed by atoms with Crippen molar-refractivity contribution in [2.24, 2.45) is 22.6 Å². The van der Waals surface area contributed by atoms with Gasteiger partial charge in [0.05, 0.1) is 18.5 Å². The fourth-order valence-electron chi connectivity index (χ4n) is 7.39. The molecule has 0 fully saturated rings. The van der Waals surface area contributed by atoms with Gasteiger partial charge in [-0.15, -0.1) is 0 Å². The standard InChI is InChI=1S/C48H68F2N8O10/c1-46(2,3)41(37-23-30(32-24-31(49)15-16-33(32)50)27-56(37)26-29-13-11-10-12-14-29)58(40(62)28-59)21-19-35(55-42(63)34(51)25-39(53)61)43(64)54-20-22-57(45(66)68-48(7,8)9)36(17-18-38(52)60)44(65)67-47(4,5)6/h10-16,23-24,27,34-36,41,59H,17-22,25-26,28,51H2,1-9H3,(H2,52,60)(H2,53,61)(H,54,64)(H,55,63)/t34-,35-,36+,41-/m0/s1. The molecule has 18 nitrogen and oxygen atoms in total. The van der Waals surface area contributed by atoms with E-state index in [9.17, 15) is 43.1 Å². The quantitative estimate of drug-likeness (QED) is 0.0789. The number of aliphatic hydroxyl groups is 1. The Morgan fingerprint density at radius 2 is 1.43 bits per heavy atom. The highest BCUT2D eigenvalue weighted by Gasteiger charge is 2.39. The van der Waals surface area contributed by atoms with Crippen LogP contribution in [0.3, 0.4) is 0 Å². The van der Waals surface area contributed by atoms with E-state index in [1.54, 1.807) is 58.4 Å². The van der Waals surface area contributed by atoms with Crippen LogP contribution in [0.2, 0.25) is 0 Å². The number of nitrogens with two attached hydrogens (primary N) is 3. The number of carbonyl (C=O) groups excluding carboxylic acids is 7. The van der Waals surface area contributed by atoms with Crippen LogP contribution < -0.4 is 27.8 Å². The molecule has 0 aliphatic heterocycles. The molecule has 0 saturated heterocycles. The molecule has 0 radical (unpaired) electrons. The number of rotatable bonds is 22. The van der Waals surface area contributed by atoms with Crippen molar-refractivity contribution >= 4 is 41.6 Å². The first-order chi connectivity index (χ1) is 31.5. The number of halogens is 2. The molecule has 20 heteroatoms. The van der Waals surface area contributed by atoms with Gasteiger partial charge in [0.25, 0.3) is 0 Å². The lowest BCUT2D eigenvalue weighted by Gasteiger charge is -2.41. The molecule has 0 aliphatic carbocycles. The van der Waals surface area contributed by atoms with E-state index in [1.807, 2.05) is 51.1 Å². The van der Waals surface area contributed by atoms with Crippen LogP contribution >= 0.6 is 0 Å². The molecule has 68 heavy (non-hydrogen) atoms. The second-order valence-electron chi connectivity index (χ2n) is 19.6. The summed E-state index contributed by atoms with van der Waals surface area (Å²) in [6.07, 6.45) is -0.784. The third-order valence-electron chi connectivity index (χ3n) is 10.3. The van der Waals surface area contributed by atoms with E-state index in [0.717, 1.165) is 28.7 Å². The maximum atomic E-state index is 15.3. The molecule has 3 aromatic rings. The van der Waals surface area contributed by atoms with Crippen LogP contribution in [0.5, 0.6) is 0 Å². The molecule has 2 aromatic carbocycles. The predicted molar refractivity (Wildman–Crippen MR) is 249 cm³/mol. The number of nitrogens with one attached hydrogen (secondary N) is 2. The van der Waals surface area contributed by atoms with Crippen molar-refractivity contribution in [2.45, 2.75) is 130 Å². The number of ether oxygens (including phenoxy) is 2. The van der Waals surface area contributed by atoms with Gasteiger partial charge in [0.2, 0.25) is 29.5 Å². The van der Waals surface area contributed by atoms with Crippen molar-refractivity contribution in [1.82, 2.24) is 25.0 Å². The molecule has 4 atom stereocenters. The van der Waals surface area contributed by atoms with Crippen LogP contribution in [0, 0.1) is 17.0 Å². The molecule has 0 saturated carbocycles. The summed E-state index contributed by atoms with van der Waals surface area (Å²) < 4.78 is 42.8.